The number of hydrogen-bond donors (Lipinski definition) is 2. The van der Waals surface area contributed by atoms with Gasteiger partial charge in [0, 0.05) is 0 Å². The third kappa shape index (κ3) is 4.99. The van der Waals surface area contributed by atoms with Crippen LogP contribution >= 0.6 is 0 Å². The van der Waals surface area contributed by atoms with Gasteiger partial charge in [-0.3, -0.25) is 9.63 Å². The molecule has 52 valence electrons. The maximum Gasteiger partial charge on any atom is 0.257 e. The smallest absolute Gasteiger partial charge is 0.257 e. The molecule has 1 amide bonds. The Morgan fingerprint density at radius 2 is 2.56 bits per heavy atom. The molecule has 0 unspecified atom stereocenters. The molecule has 0 spiro atoms. The van der Waals surface area contributed by atoms with Crippen molar-refractivity contribution in [3.05, 3.63) is 12.7 Å². The maximum absolute atomic E-state index is 10.3. The third-order valence-electron chi connectivity index (χ3n) is 0.573. The molecule has 0 aromatic heterocycles. The molecule has 0 aromatic carbocycles. The molecule has 0 saturated heterocycles. The predicted molar refractivity (Wildman–Crippen MR) is 33.3 cm³/mol. The first-order valence-electron chi connectivity index (χ1n) is 2.53. The van der Waals surface area contributed by atoms with E-state index in [-0.39, 0.29) is 12.5 Å². The van der Waals surface area contributed by atoms with Crippen LogP contribution in [0.4, 0.5) is 0 Å². The summed E-state index contributed by atoms with van der Waals surface area (Å²) >= 11 is 0. The van der Waals surface area contributed by atoms with Crippen LogP contribution in [0.15, 0.2) is 12.7 Å². The van der Waals surface area contributed by atoms with Crippen molar-refractivity contribution in [2.45, 2.75) is 0 Å². The molecule has 0 bridgehead atoms. The number of carbonyl (C=O) groups is 1. The van der Waals surface area contributed by atoms with Gasteiger partial charge in [0.1, 0.15) is 0 Å². The lowest BCUT2D eigenvalue weighted by atomic mass is 10.6. The van der Waals surface area contributed by atoms with Crippen LogP contribution in [0, 0.1) is 0 Å². The third-order valence-corrected chi connectivity index (χ3v) is 0.573. The Hall–Kier alpha value is -0.870. The van der Waals surface area contributed by atoms with Crippen molar-refractivity contribution in [2.75, 3.05) is 13.2 Å². The fourth-order valence-electron chi connectivity index (χ4n) is 0.223. The second kappa shape index (κ2) is 5.27. The highest BCUT2D eigenvalue weighted by atomic mass is 16.6. The van der Waals surface area contributed by atoms with Gasteiger partial charge in [0.15, 0.2) is 0 Å². The minimum absolute atomic E-state index is 0.0584. The van der Waals surface area contributed by atoms with Gasteiger partial charge in [0.25, 0.3) is 5.91 Å². The topological polar surface area (TPSA) is 64.3 Å². The van der Waals surface area contributed by atoms with E-state index in [1.165, 1.54) is 6.08 Å². The zero-order valence-electron chi connectivity index (χ0n) is 5.09. The van der Waals surface area contributed by atoms with E-state index in [1.807, 2.05) is 0 Å². The van der Waals surface area contributed by atoms with Crippen LogP contribution in [0.25, 0.3) is 0 Å². The normalized spacial score (nSPS) is 8.56. The summed E-state index contributed by atoms with van der Waals surface area (Å²) in [5.41, 5.74) is 7.03. The van der Waals surface area contributed by atoms with E-state index in [2.05, 4.69) is 16.9 Å². The molecule has 0 atom stereocenters. The maximum atomic E-state index is 10.3. The van der Waals surface area contributed by atoms with Crippen LogP contribution < -0.4 is 11.2 Å². The van der Waals surface area contributed by atoms with Gasteiger partial charge >= 0.3 is 0 Å². The SMILES string of the molecule is C=CCONC(=O)CN. The Morgan fingerprint density at radius 3 is 3.00 bits per heavy atom. The molecule has 3 N–H and O–H groups in total. The standard InChI is InChI=1S/C5H10N2O2/c1-2-3-9-7-5(8)4-6/h2H,1,3-4,6H2,(H,7,8). The minimum Gasteiger partial charge on any atom is -0.322 e. The first kappa shape index (κ1) is 8.13. The minimum atomic E-state index is -0.336. The van der Waals surface area contributed by atoms with E-state index >= 15 is 0 Å². The zero-order valence-corrected chi connectivity index (χ0v) is 5.09. The molecule has 0 fully saturated rings. The lowest BCUT2D eigenvalue weighted by Crippen LogP contribution is -2.30. The average molecular weight is 130 g/mol. The fraction of sp³-hybridized carbons (Fsp3) is 0.400. The van der Waals surface area contributed by atoms with E-state index in [4.69, 9.17) is 5.73 Å². The number of amides is 1. The largest absolute Gasteiger partial charge is 0.322 e. The van der Waals surface area contributed by atoms with Gasteiger partial charge in [-0.05, 0) is 0 Å². The van der Waals surface area contributed by atoms with Gasteiger partial charge < -0.3 is 5.73 Å². The molecular formula is C5H10N2O2. The number of nitrogens with two attached hydrogens (primary N) is 1. The van der Waals surface area contributed by atoms with Crippen molar-refractivity contribution in [1.82, 2.24) is 5.48 Å². The van der Waals surface area contributed by atoms with Crippen molar-refractivity contribution >= 4 is 5.91 Å². The van der Waals surface area contributed by atoms with Gasteiger partial charge in [-0.1, -0.05) is 6.08 Å². The molecule has 0 rings (SSSR count). The Bertz CT molecular complexity index is 103. The van der Waals surface area contributed by atoms with Crippen molar-refractivity contribution in [3.8, 4) is 0 Å². The molecule has 0 radical (unpaired) electrons. The van der Waals surface area contributed by atoms with Gasteiger partial charge in [-0.2, -0.15) is 0 Å². The molecule has 0 heterocycles. The predicted octanol–water partition coefficient (Wildman–Crippen LogP) is -0.821. The van der Waals surface area contributed by atoms with Crippen LogP contribution in [0.1, 0.15) is 0 Å². The van der Waals surface area contributed by atoms with Crippen LogP contribution in [0.5, 0.6) is 0 Å². The highest BCUT2D eigenvalue weighted by Gasteiger charge is 1.92. The fourth-order valence-corrected chi connectivity index (χ4v) is 0.223. The summed E-state index contributed by atoms with van der Waals surface area (Å²) in [7, 11) is 0. The molecule has 0 aromatic rings. The zero-order chi connectivity index (χ0) is 7.11. The number of nitrogens with one attached hydrogen (secondary N) is 1. The van der Waals surface area contributed by atoms with E-state index < -0.39 is 0 Å². The number of carbonyl (C=O) groups excluding carboxylic acids is 1. The lowest BCUT2D eigenvalue weighted by molar-refractivity contribution is -0.131. The van der Waals surface area contributed by atoms with Crippen LogP contribution in [0.3, 0.4) is 0 Å². The number of hydroxylamine groups is 1. The highest BCUT2D eigenvalue weighted by molar-refractivity contribution is 5.76. The van der Waals surface area contributed by atoms with Crippen LogP contribution in [-0.2, 0) is 9.63 Å². The van der Waals surface area contributed by atoms with E-state index in [9.17, 15) is 4.79 Å². The summed E-state index contributed by atoms with van der Waals surface area (Å²) in [5, 5.41) is 0. The van der Waals surface area contributed by atoms with Crippen LogP contribution in [0.2, 0.25) is 0 Å². The first-order chi connectivity index (χ1) is 4.31. The Kier molecular flexibility index (Phi) is 4.76. The van der Waals surface area contributed by atoms with Crippen molar-refractivity contribution < 1.29 is 9.63 Å². The van der Waals surface area contributed by atoms with E-state index in [1.54, 1.807) is 0 Å². The van der Waals surface area contributed by atoms with Crippen molar-refractivity contribution in [1.29, 1.82) is 0 Å². The van der Waals surface area contributed by atoms with E-state index in [0.717, 1.165) is 0 Å². The molecule has 0 aliphatic heterocycles. The lowest BCUT2D eigenvalue weighted by Gasteiger charge is -1.99. The second-order valence-corrected chi connectivity index (χ2v) is 1.33. The Balaban J connectivity index is 3.06. The Labute approximate surface area is 53.6 Å². The molecular weight excluding hydrogens is 120 g/mol. The van der Waals surface area contributed by atoms with Gasteiger partial charge in [0.2, 0.25) is 0 Å². The van der Waals surface area contributed by atoms with Crippen molar-refractivity contribution in [3.63, 3.8) is 0 Å². The quantitative estimate of drug-likeness (QED) is 0.297. The second-order valence-electron chi connectivity index (χ2n) is 1.33. The molecule has 4 heteroatoms. The van der Waals surface area contributed by atoms with Gasteiger partial charge in [-0.25, -0.2) is 5.48 Å². The summed E-state index contributed by atoms with van der Waals surface area (Å²) in [6.45, 7) is 3.61. The Morgan fingerprint density at radius 1 is 1.89 bits per heavy atom. The molecule has 0 saturated carbocycles. The highest BCUT2D eigenvalue weighted by Crippen LogP contribution is 1.66. The molecule has 0 aliphatic rings. The summed E-state index contributed by atoms with van der Waals surface area (Å²) in [5.74, 6) is -0.336. The summed E-state index contributed by atoms with van der Waals surface area (Å²) in [4.78, 5) is 14.8. The number of hydrogen-bond acceptors (Lipinski definition) is 3. The first-order valence-corrected chi connectivity index (χ1v) is 2.53. The summed E-state index contributed by atoms with van der Waals surface area (Å²) in [6.07, 6.45) is 1.52. The van der Waals surface area contributed by atoms with E-state index in [0.29, 0.717) is 6.61 Å². The average Bonchev–Trinajstić information content (AvgIpc) is 1.89. The monoisotopic (exact) mass is 130 g/mol. The summed E-state index contributed by atoms with van der Waals surface area (Å²) < 4.78 is 0. The number of rotatable bonds is 4. The molecule has 0 aliphatic carbocycles. The summed E-state index contributed by atoms with van der Waals surface area (Å²) in [6, 6.07) is 0. The van der Waals surface area contributed by atoms with Gasteiger partial charge in [0.05, 0.1) is 13.2 Å². The van der Waals surface area contributed by atoms with Gasteiger partial charge in [-0.15, -0.1) is 6.58 Å². The molecule has 4 nitrogen and oxygen atoms in total. The molecule has 9 heavy (non-hydrogen) atoms. The van der Waals surface area contributed by atoms with Crippen molar-refractivity contribution in [2.24, 2.45) is 5.73 Å². The van der Waals surface area contributed by atoms with Crippen LogP contribution in [-0.4, -0.2) is 19.1 Å².